The van der Waals surface area contributed by atoms with Crippen LogP contribution in [0.15, 0.2) is 60.6 Å². The van der Waals surface area contributed by atoms with E-state index in [0.29, 0.717) is 22.1 Å². The molecular formula is C23H17BrO7. The molecule has 7 nitrogen and oxygen atoms in total. The summed E-state index contributed by atoms with van der Waals surface area (Å²) in [6.07, 6.45) is 0.373. The fourth-order valence-corrected chi connectivity index (χ4v) is 3.66. The first-order valence-electron chi connectivity index (χ1n) is 9.39. The highest BCUT2D eigenvalue weighted by Crippen LogP contribution is 2.30. The number of methoxy groups -OCH3 is 1. The maximum atomic E-state index is 12.8. The number of rotatable bonds is 5. The zero-order valence-electron chi connectivity index (χ0n) is 16.7. The molecule has 4 aromatic rings. The van der Waals surface area contributed by atoms with Gasteiger partial charge in [-0.3, -0.25) is 4.79 Å². The number of esters is 2. The molecular weight excluding hydrogens is 468 g/mol. The van der Waals surface area contributed by atoms with Crippen LogP contribution in [0.4, 0.5) is 0 Å². The van der Waals surface area contributed by atoms with Gasteiger partial charge >= 0.3 is 17.6 Å². The van der Waals surface area contributed by atoms with Crippen LogP contribution >= 0.6 is 15.9 Å². The van der Waals surface area contributed by atoms with Crippen LogP contribution in [-0.2, 0) is 16.0 Å². The predicted octanol–water partition coefficient (Wildman–Crippen LogP) is 4.93. The third kappa shape index (κ3) is 4.39. The summed E-state index contributed by atoms with van der Waals surface area (Å²) in [5.74, 6) is -0.896. The molecule has 0 amide bonds. The first-order chi connectivity index (χ1) is 14.8. The standard InChI is InChI=1S/C23H17BrO7/c1-12-7-22(26)30-19-11-18(13(9-16(12)19)3-6-21(25)28-2)31-23(27)20-10-14-8-15(24)4-5-17(14)29-20/h4-5,7-11H,3,6H2,1-2H3. The molecule has 31 heavy (non-hydrogen) atoms. The summed E-state index contributed by atoms with van der Waals surface area (Å²) in [5.41, 5.74) is 1.63. The van der Waals surface area contributed by atoms with Gasteiger partial charge in [-0.2, -0.15) is 0 Å². The Kier molecular flexibility index (Phi) is 5.65. The molecule has 0 bridgehead atoms. The van der Waals surface area contributed by atoms with E-state index in [9.17, 15) is 14.4 Å². The van der Waals surface area contributed by atoms with Crippen LogP contribution in [0.25, 0.3) is 21.9 Å². The second-order valence-corrected chi connectivity index (χ2v) is 7.88. The quantitative estimate of drug-likeness (QED) is 0.225. The monoisotopic (exact) mass is 484 g/mol. The van der Waals surface area contributed by atoms with Gasteiger partial charge in [0.1, 0.15) is 16.9 Å². The van der Waals surface area contributed by atoms with Gasteiger partial charge in [0, 0.05) is 33.8 Å². The lowest BCUT2D eigenvalue weighted by Crippen LogP contribution is -2.10. The normalized spacial score (nSPS) is 11.1. The Bertz CT molecular complexity index is 1380. The summed E-state index contributed by atoms with van der Waals surface area (Å²) in [4.78, 5) is 36.2. The molecule has 0 unspecified atom stereocenters. The number of fused-ring (bicyclic) bond motifs is 2. The Morgan fingerprint density at radius 2 is 1.84 bits per heavy atom. The second-order valence-electron chi connectivity index (χ2n) is 6.96. The van der Waals surface area contributed by atoms with E-state index in [0.717, 1.165) is 9.86 Å². The number of halogens is 1. The SMILES string of the molecule is COC(=O)CCc1cc2c(C)cc(=O)oc2cc1OC(=O)c1cc2cc(Br)ccc2o1. The van der Waals surface area contributed by atoms with Gasteiger partial charge in [-0.1, -0.05) is 15.9 Å². The largest absolute Gasteiger partial charge is 0.469 e. The molecule has 2 heterocycles. The average Bonchev–Trinajstić information content (AvgIpc) is 3.15. The van der Waals surface area contributed by atoms with Crippen LogP contribution in [0.5, 0.6) is 5.75 Å². The maximum absolute atomic E-state index is 12.8. The van der Waals surface area contributed by atoms with Crippen LogP contribution in [0.3, 0.4) is 0 Å². The molecule has 0 radical (unpaired) electrons. The number of furan rings is 1. The van der Waals surface area contributed by atoms with Crippen molar-refractivity contribution in [3.8, 4) is 5.75 Å². The molecule has 0 saturated carbocycles. The van der Waals surface area contributed by atoms with Crippen molar-refractivity contribution in [2.24, 2.45) is 0 Å². The first kappa shape index (κ1) is 20.9. The molecule has 2 aromatic carbocycles. The second kappa shape index (κ2) is 8.39. The molecule has 4 rings (SSSR count). The minimum absolute atomic E-state index is 0.0257. The molecule has 0 N–H and O–H groups in total. The molecule has 8 heteroatoms. The van der Waals surface area contributed by atoms with E-state index >= 15 is 0 Å². The fourth-order valence-electron chi connectivity index (χ4n) is 3.29. The molecule has 0 spiro atoms. The fraction of sp³-hybridized carbons (Fsp3) is 0.174. The lowest BCUT2D eigenvalue weighted by molar-refractivity contribution is -0.140. The number of carbonyl (C=O) groups excluding carboxylic acids is 2. The van der Waals surface area contributed by atoms with E-state index in [-0.39, 0.29) is 29.9 Å². The third-order valence-electron chi connectivity index (χ3n) is 4.84. The summed E-state index contributed by atoms with van der Waals surface area (Å²) < 4.78 is 22.0. The Labute approximate surface area is 184 Å². The first-order valence-corrected chi connectivity index (χ1v) is 10.2. The Morgan fingerprint density at radius 3 is 2.61 bits per heavy atom. The highest BCUT2D eigenvalue weighted by Gasteiger charge is 2.19. The summed E-state index contributed by atoms with van der Waals surface area (Å²) >= 11 is 3.38. The summed E-state index contributed by atoms with van der Waals surface area (Å²) in [7, 11) is 1.31. The molecule has 0 saturated heterocycles. The van der Waals surface area contributed by atoms with Gasteiger partial charge < -0.3 is 18.3 Å². The Balaban J connectivity index is 1.73. The van der Waals surface area contributed by atoms with Crippen molar-refractivity contribution in [3.05, 3.63) is 74.2 Å². The highest BCUT2D eigenvalue weighted by atomic mass is 79.9. The van der Waals surface area contributed by atoms with Crippen LogP contribution in [-0.4, -0.2) is 19.0 Å². The number of carbonyl (C=O) groups is 2. The Morgan fingerprint density at radius 1 is 1.03 bits per heavy atom. The minimum Gasteiger partial charge on any atom is -0.469 e. The lowest BCUT2D eigenvalue weighted by Gasteiger charge is -2.11. The van der Waals surface area contributed by atoms with E-state index < -0.39 is 17.6 Å². The molecule has 0 atom stereocenters. The average molecular weight is 485 g/mol. The number of hydrogen-bond donors (Lipinski definition) is 0. The van der Waals surface area contributed by atoms with Crippen LogP contribution in [0, 0.1) is 6.92 Å². The van der Waals surface area contributed by atoms with Gasteiger partial charge in [-0.05, 0) is 54.8 Å². The van der Waals surface area contributed by atoms with Gasteiger partial charge in [0.05, 0.1) is 7.11 Å². The lowest BCUT2D eigenvalue weighted by atomic mass is 10.0. The zero-order valence-corrected chi connectivity index (χ0v) is 18.3. The Hall–Kier alpha value is -3.39. The van der Waals surface area contributed by atoms with Gasteiger partial charge in [0.2, 0.25) is 5.76 Å². The van der Waals surface area contributed by atoms with Crippen molar-refractivity contribution in [3.63, 3.8) is 0 Å². The van der Waals surface area contributed by atoms with Gasteiger partial charge in [-0.15, -0.1) is 0 Å². The molecule has 0 fully saturated rings. The van der Waals surface area contributed by atoms with Crippen molar-refractivity contribution in [2.75, 3.05) is 7.11 Å². The third-order valence-corrected chi connectivity index (χ3v) is 5.33. The predicted molar refractivity (Wildman–Crippen MR) is 116 cm³/mol. The van der Waals surface area contributed by atoms with Crippen molar-refractivity contribution in [2.45, 2.75) is 19.8 Å². The highest BCUT2D eigenvalue weighted by molar-refractivity contribution is 9.10. The van der Waals surface area contributed by atoms with Crippen molar-refractivity contribution < 1.29 is 27.9 Å². The number of ether oxygens (including phenoxy) is 2. The summed E-state index contributed by atoms with van der Waals surface area (Å²) in [6.45, 7) is 1.78. The minimum atomic E-state index is -0.707. The van der Waals surface area contributed by atoms with Crippen LogP contribution in [0.1, 0.15) is 28.1 Å². The van der Waals surface area contributed by atoms with E-state index in [1.165, 1.54) is 19.2 Å². The number of benzene rings is 2. The number of aryl methyl sites for hydroxylation is 2. The zero-order chi connectivity index (χ0) is 22.1. The smallest absolute Gasteiger partial charge is 0.379 e. The van der Waals surface area contributed by atoms with Crippen molar-refractivity contribution >= 4 is 49.8 Å². The topological polar surface area (TPSA) is 96.0 Å². The van der Waals surface area contributed by atoms with Gasteiger partial charge in [-0.25, -0.2) is 9.59 Å². The molecule has 0 aliphatic rings. The van der Waals surface area contributed by atoms with Crippen LogP contribution in [0.2, 0.25) is 0 Å². The number of hydrogen-bond acceptors (Lipinski definition) is 7. The van der Waals surface area contributed by atoms with E-state index in [2.05, 4.69) is 15.9 Å². The maximum Gasteiger partial charge on any atom is 0.379 e. The van der Waals surface area contributed by atoms with Gasteiger partial charge in [0.15, 0.2) is 0 Å². The molecule has 2 aromatic heterocycles. The van der Waals surface area contributed by atoms with Crippen molar-refractivity contribution in [1.29, 1.82) is 0 Å². The molecule has 0 aliphatic carbocycles. The van der Waals surface area contributed by atoms with Crippen LogP contribution < -0.4 is 10.4 Å². The van der Waals surface area contributed by atoms with E-state index in [4.69, 9.17) is 18.3 Å². The summed E-state index contributed by atoms with van der Waals surface area (Å²) in [6, 6.07) is 11.6. The van der Waals surface area contributed by atoms with Gasteiger partial charge in [0.25, 0.3) is 0 Å². The molecule has 158 valence electrons. The van der Waals surface area contributed by atoms with Crippen molar-refractivity contribution in [1.82, 2.24) is 0 Å². The summed E-state index contributed by atoms with van der Waals surface area (Å²) in [5, 5.41) is 1.43. The van der Waals surface area contributed by atoms with E-state index in [1.807, 2.05) is 6.07 Å². The van der Waals surface area contributed by atoms with E-state index in [1.54, 1.807) is 31.2 Å². The molecule has 0 aliphatic heterocycles.